The van der Waals surface area contributed by atoms with E-state index in [0.29, 0.717) is 9.86 Å². The Morgan fingerprint density at radius 3 is 2.93 bits per heavy atom. The minimum Gasteiger partial charge on any atom is -0.261 e. The van der Waals surface area contributed by atoms with Gasteiger partial charge in [-0.05, 0) is 39.9 Å². The van der Waals surface area contributed by atoms with Crippen molar-refractivity contribution in [3.63, 3.8) is 0 Å². The summed E-state index contributed by atoms with van der Waals surface area (Å²) in [6, 6.07) is 5.53. The van der Waals surface area contributed by atoms with Crippen LogP contribution in [-0.4, -0.2) is 4.98 Å². The molecule has 0 bridgehead atoms. The summed E-state index contributed by atoms with van der Waals surface area (Å²) in [5.41, 5.74) is 0.985. The normalized spacial score (nSPS) is 10.8. The van der Waals surface area contributed by atoms with Crippen molar-refractivity contribution in [2.45, 2.75) is 13.3 Å². The molecule has 0 spiro atoms. The van der Waals surface area contributed by atoms with Crippen molar-refractivity contribution < 1.29 is 4.39 Å². The molecule has 1 nitrogen and oxygen atoms in total. The van der Waals surface area contributed by atoms with Crippen molar-refractivity contribution in [1.29, 1.82) is 0 Å². The Kier molecular flexibility index (Phi) is 2.50. The molecule has 72 valence electrons. The fourth-order valence-corrected chi connectivity index (χ4v) is 1.74. The molecule has 0 amide bonds. The summed E-state index contributed by atoms with van der Waals surface area (Å²) in [7, 11) is 0. The topological polar surface area (TPSA) is 12.9 Å². The molecule has 0 unspecified atom stereocenters. The molecule has 1 heterocycles. The van der Waals surface area contributed by atoms with E-state index in [0.717, 1.165) is 17.5 Å². The van der Waals surface area contributed by atoms with Crippen LogP contribution in [0.5, 0.6) is 0 Å². The third-order valence-electron chi connectivity index (χ3n) is 2.21. The number of aryl methyl sites for hydroxylation is 1. The van der Waals surface area contributed by atoms with Gasteiger partial charge < -0.3 is 0 Å². The van der Waals surface area contributed by atoms with Crippen molar-refractivity contribution in [3.05, 3.63) is 40.4 Å². The Morgan fingerprint density at radius 2 is 2.21 bits per heavy atom. The Bertz CT molecular complexity index is 482. The zero-order valence-corrected chi connectivity index (χ0v) is 9.31. The van der Waals surface area contributed by atoms with Crippen LogP contribution in [0, 0.1) is 5.82 Å². The van der Waals surface area contributed by atoms with Crippen LogP contribution in [0.25, 0.3) is 10.8 Å². The smallest absolute Gasteiger partial charge is 0.146 e. The lowest BCUT2D eigenvalue weighted by Crippen LogP contribution is -1.89. The van der Waals surface area contributed by atoms with Gasteiger partial charge in [0.25, 0.3) is 0 Å². The zero-order valence-electron chi connectivity index (χ0n) is 7.72. The zero-order chi connectivity index (χ0) is 10.1. The van der Waals surface area contributed by atoms with Crippen molar-refractivity contribution in [2.24, 2.45) is 0 Å². The maximum atomic E-state index is 13.5. The van der Waals surface area contributed by atoms with Crippen molar-refractivity contribution in [2.75, 3.05) is 0 Å². The Labute approximate surface area is 90.1 Å². The van der Waals surface area contributed by atoms with Crippen LogP contribution in [0.1, 0.15) is 12.6 Å². The predicted molar refractivity (Wildman–Crippen MR) is 58.8 cm³/mol. The summed E-state index contributed by atoms with van der Waals surface area (Å²) in [5, 5.41) is 1.47. The van der Waals surface area contributed by atoms with Crippen LogP contribution in [-0.2, 0) is 6.42 Å². The molecule has 1 aromatic carbocycles. The van der Waals surface area contributed by atoms with E-state index in [1.54, 1.807) is 12.3 Å². The largest absolute Gasteiger partial charge is 0.261 e. The second-order valence-corrected chi connectivity index (χ2v) is 3.97. The van der Waals surface area contributed by atoms with Crippen molar-refractivity contribution >= 4 is 26.7 Å². The molecular formula is C11H9BrFN. The molecule has 1 aromatic heterocycles. The van der Waals surface area contributed by atoms with E-state index in [1.165, 1.54) is 0 Å². The third kappa shape index (κ3) is 1.52. The molecular weight excluding hydrogens is 245 g/mol. The molecule has 0 fully saturated rings. The van der Waals surface area contributed by atoms with Crippen molar-refractivity contribution in [3.8, 4) is 0 Å². The molecule has 14 heavy (non-hydrogen) atoms. The van der Waals surface area contributed by atoms with Crippen LogP contribution in [0.2, 0.25) is 0 Å². The van der Waals surface area contributed by atoms with Crippen LogP contribution >= 0.6 is 15.9 Å². The summed E-state index contributed by atoms with van der Waals surface area (Å²) < 4.78 is 14.0. The van der Waals surface area contributed by atoms with E-state index in [4.69, 9.17) is 0 Å². The Morgan fingerprint density at radius 1 is 1.43 bits per heavy atom. The van der Waals surface area contributed by atoms with Gasteiger partial charge in [0.2, 0.25) is 0 Å². The van der Waals surface area contributed by atoms with Gasteiger partial charge in [0.15, 0.2) is 0 Å². The number of fused-ring (bicyclic) bond motifs is 1. The first-order chi connectivity index (χ1) is 6.72. The average molecular weight is 254 g/mol. The highest BCUT2D eigenvalue weighted by Crippen LogP contribution is 2.24. The van der Waals surface area contributed by atoms with Crippen LogP contribution < -0.4 is 0 Å². The number of nitrogens with zero attached hydrogens (tertiary/aromatic N) is 1. The van der Waals surface area contributed by atoms with Gasteiger partial charge in [0.1, 0.15) is 5.82 Å². The van der Waals surface area contributed by atoms with Crippen LogP contribution in [0.3, 0.4) is 0 Å². The second kappa shape index (κ2) is 3.65. The lowest BCUT2D eigenvalue weighted by atomic mass is 10.1. The number of hydrogen-bond acceptors (Lipinski definition) is 1. The van der Waals surface area contributed by atoms with Gasteiger partial charge in [-0.25, -0.2) is 4.39 Å². The molecule has 0 aliphatic carbocycles. The molecule has 2 rings (SSSR count). The monoisotopic (exact) mass is 253 g/mol. The van der Waals surface area contributed by atoms with E-state index >= 15 is 0 Å². The minimum atomic E-state index is -0.238. The molecule has 0 saturated carbocycles. The predicted octanol–water partition coefficient (Wildman–Crippen LogP) is 3.70. The highest BCUT2D eigenvalue weighted by atomic mass is 79.9. The molecule has 0 aliphatic heterocycles. The fraction of sp³-hybridized carbons (Fsp3) is 0.182. The number of aromatic nitrogens is 1. The molecule has 0 N–H and O–H groups in total. The van der Waals surface area contributed by atoms with E-state index in [2.05, 4.69) is 20.9 Å². The van der Waals surface area contributed by atoms with Gasteiger partial charge in [0, 0.05) is 17.3 Å². The first-order valence-electron chi connectivity index (χ1n) is 4.45. The van der Waals surface area contributed by atoms with Crippen molar-refractivity contribution in [1.82, 2.24) is 4.98 Å². The molecule has 0 aliphatic rings. The molecule has 0 radical (unpaired) electrons. The summed E-state index contributed by atoms with van der Waals surface area (Å²) in [6.45, 7) is 2.03. The number of halogens is 2. The Hall–Kier alpha value is -0.960. The average Bonchev–Trinajstić information content (AvgIpc) is 2.23. The minimum absolute atomic E-state index is 0.238. The Balaban J connectivity index is 2.74. The fourth-order valence-electron chi connectivity index (χ4n) is 1.40. The highest BCUT2D eigenvalue weighted by molar-refractivity contribution is 9.10. The first kappa shape index (κ1) is 9.59. The second-order valence-electron chi connectivity index (χ2n) is 3.11. The SMILES string of the molecule is CCc1cc2ccc(Br)c(F)c2cn1. The van der Waals surface area contributed by atoms with Gasteiger partial charge in [-0.2, -0.15) is 0 Å². The lowest BCUT2D eigenvalue weighted by Gasteiger charge is -2.02. The van der Waals surface area contributed by atoms with E-state index in [1.807, 2.05) is 19.1 Å². The van der Waals surface area contributed by atoms with Gasteiger partial charge in [0.05, 0.1) is 4.47 Å². The lowest BCUT2D eigenvalue weighted by molar-refractivity contribution is 0.633. The summed E-state index contributed by atoms with van der Waals surface area (Å²) >= 11 is 3.15. The van der Waals surface area contributed by atoms with Gasteiger partial charge in [-0.15, -0.1) is 0 Å². The number of hydrogen-bond donors (Lipinski definition) is 0. The van der Waals surface area contributed by atoms with E-state index in [9.17, 15) is 4.39 Å². The molecule has 0 atom stereocenters. The van der Waals surface area contributed by atoms with E-state index in [-0.39, 0.29) is 5.82 Å². The third-order valence-corrected chi connectivity index (χ3v) is 2.82. The van der Waals surface area contributed by atoms with Gasteiger partial charge in [-0.1, -0.05) is 13.0 Å². The number of benzene rings is 1. The van der Waals surface area contributed by atoms with Gasteiger partial charge in [-0.3, -0.25) is 4.98 Å². The quantitative estimate of drug-likeness (QED) is 0.756. The highest BCUT2D eigenvalue weighted by Gasteiger charge is 2.05. The maximum Gasteiger partial charge on any atom is 0.146 e. The van der Waals surface area contributed by atoms with Crippen LogP contribution in [0.15, 0.2) is 28.9 Å². The molecule has 3 heteroatoms. The molecule has 0 saturated heterocycles. The summed E-state index contributed by atoms with van der Waals surface area (Å²) in [4.78, 5) is 4.17. The molecule has 2 aromatic rings. The van der Waals surface area contributed by atoms with E-state index < -0.39 is 0 Å². The first-order valence-corrected chi connectivity index (χ1v) is 5.24. The number of rotatable bonds is 1. The maximum absolute atomic E-state index is 13.5. The standard InChI is InChI=1S/C11H9BrFN/c1-2-8-5-7-3-4-10(12)11(13)9(7)6-14-8/h3-6H,2H2,1H3. The van der Waals surface area contributed by atoms with Crippen LogP contribution in [0.4, 0.5) is 4.39 Å². The van der Waals surface area contributed by atoms with Gasteiger partial charge >= 0.3 is 0 Å². The number of pyridine rings is 1. The summed E-state index contributed by atoms with van der Waals surface area (Å²) in [5.74, 6) is -0.238. The summed E-state index contributed by atoms with van der Waals surface area (Å²) in [6.07, 6.45) is 2.46.